The smallest absolute Gasteiger partial charge is 0.408 e. The van der Waals surface area contributed by atoms with Gasteiger partial charge in [0, 0.05) is 18.9 Å². The molecule has 1 fully saturated rings. The second-order valence-electron chi connectivity index (χ2n) is 8.12. The average Bonchev–Trinajstić information content (AvgIpc) is 2.73. The maximum Gasteiger partial charge on any atom is 0.408 e. The van der Waals surface area contributed by atoms with Crippen LogP contribution in [0.4, 0.5) is 4.79 Å². The predicted molar refractivity (Wildman–Crippen MR) is 113 cm³/mol. The van der Waals surface area contributed by atoms with Crippen molar-refractivity contribution in [1.82, 2.24) is 10.6 Å². The van der Waals surface area contributed by atoms with Gasteiger partial charge >= 0.3 is 6.09 Å². The third-order valence-electron chi connectivity index (χ3n) is 5.31. The number of nitrogens with one attached hydrogen (secondary N) is 2. The van der Waals surface area contributed by atoms with E-state index in [1.807, 2.05) is 44.2 Å². The van der Waals surface area contributed by atoms with Crippen LogP contribution in [0.5, 0.6) is 0 Å². The van der Waals surface area contributed by atoms with Gasteiger partial charge in [-0.2, -0.15) is 0 Å². The van der Waals surface area contributed by atoms with Crippen LogP contribution in [0.2, 0.25) is 0 Å². The highest BCUT2D eigenvalue weighted by molar-refractivity contribution is 6.37. The lowest BCUT2D eigenvalue weighted by Crippen LogP contribution is -2.46. The zero-order chi connectivity index (χ0) is 21.9. The first-order valence-electron chi connectivity index (χ1n) is 10.7. The number of Topliss-reactive ketones (excluding diaryl/α,β-unsaturated/α-hetero) is 2. The fourth-order valence-electron chi connectivity index (χ4n) is 3.55. The number of hydrogen-bond acceptors (Lipinski definition) is 5. The van der Waals surface area contributed by atoms with Crippen LogP contribution in [0.3, 0.4) is 0 Å². The van der Waals surface area contributed by atoms with Crippen molar-refractivity contribution in [2.75, 3.05) is 6.54 Å². The van der Waals surface area contributed by atoms with Crippen molar-refractivity contribution < 1.29 is 23.9 Å². The summed E-state index contributed by atoms with van der Waals surface area (Å²) in [6.45, 7) is 4.23. The molecule has 0 aromatic heterocycles. The molecule has 7 heteroatoms. The standard InChI is InChI=1S/C23H32N2O5/c1-16(2)20(25-23(29)30-15-17-10-6-5-7-11-17)19(26)14-18-12-8-3-4-9-13-24-22(28)21(18)27/h5-7,10-11,16,18,20H,3-4,8-9,12-15H2,1-2H3,(H,24,28)(H,25,29). The molecule has 0 aliphatic carbocycles. The molecule has 1 aromatic rings. The first-order chi connectivity index (χ1) is 14.4. The molecule has 2 N–H and O–H groups in total. The van der Waals surface area contributed by atoms with E-state index in [4.69, 9.17) is 4.74 Å². The average molecular weight is 417 g/mol. The highest BCUT2D eigenvalue weighted by atomic mass is 16.5. The van der Waals surface area contributed by atoms with Gasteiger partial charge in [0.1, 0.15) is 6.61 Å². The lowest BCUT2D eigenvalue weighted by Gasteiger charge is -2.23. The number of carbonyl (C=O) groups is 4. The molecule has 0 saturated carbocycles. The van der Waals surface area contributed by atoms with Crippen LogP contribution in [0.15, 0.2) is 30.3 Å². The van der Waals surface area contributed by atoms with Crippen molar-refractivity contribution in [3.8, 4) is 0 Å². The fourth-order valence-corrected chi connectivity index (χ4v) is 3.55. The van der Waals surface area contributed by atoms with Gasteiger partial charge in [-0.15, -0.1) is 0 Å². The number of carbonyl (C=O) groups excluding carboxylic acids is 4. The minimum atomic E-state index is -0.778. The van der Waals surface area contributed by atoms with E-state index in [-0.39, 0.29) is 24.7 Å². The maximum atomic E-state index is 12.9. The molecule has 2 amide bonds. The summed E-state index contributed by atoms with van der Waals surface area (Å²) in [5.74, 6) is -2.25. The number of amides is 2. The van der Waals surface area contributed by atoms with Gasteiger partial charge < -0.3 is 15.4 Å². The van der Waals surface area contributed by atoms with Gasteiger partial charge in [0.05, 0.1) is 6.04 Å². The van der Waals surface area contributed by atoms with Crippen molar-refractivity contribution >= 4 is 23.6 Å². The third-order valence-corrected chi connectivity index (χ3v) is 5.31. The van der Waals surface area contributed by atoms with E-state index in [0.29, 0.717) is 13.0 Å². The van der Waals surface area contributed by atoms with E-state index in [9.17, 15) is 19.2 Å². The highest BCUT2D eigenvalue weighted by Gasteiger charge is 2.32. The van der Waals surface area contributed by atoms with Gasteiger partial charge in [-0.1, -0.05) is 63.4 Å². The van der Waals surface area contributed by atoms with Crippen molar-refractivity contribution in [1.29, 1.82) is 0 Å². The zero-order valence-electron chi connectivity index (χ0n) is 17.8. The Morgan fingerprint density at radius 2 is 1.80 bits per heavy atom. The van der Waals surface area contributed by atoms with E-state index >= 15 is 0 Å². The van der Waals surface area contributed by atoms with Crippen LogP contribution in [0.1, 0.15) is 57.9 Å². The minimum absolute atomic E-state index is 0.0614. The van der Waals surface area contributed by atoms with Gasteiger partial charge in [0.15, 0.2) is 5.78 Å². The van der Waals surface area contributed by atoms with E-state index in [0.717, 1.165) is 31.2 Å². The molecule has 1 aliphatic heterocycles. The van der Waals surface area contributed by atoms with Gasteiger partial charge in [-0.25, -0.2) is 4.79 Å². The van der Waals surface area contributed by atoms with Crippen molar-refractivity contribution in [2.45, 2.75) is 65.0 Å². The van der Waals surface area contributed by atoms with Crippen molar-refractivity contribution in [3.05, 3.63) is 35.9 Å². The molecule has 7 nitrogen and oxygen atoms in total. The lowest BCUT2D eigenvalue weighted by molar-refractivity contribution is -0.141. The molecule has 164 valence electrons. The Morgan fingerprint density at radius 1 is 1.10 bits per heavy atom. The Bertz CT molecular complexity index is 732. The van der Waals surface area contributed by atoms with Crippen LogP contribution in [-0.2, 0) is 25.7 Å². The highest BCUT2D eigenvalue weighted by Crippen LogP contribution is 2.20. The first-order valence-corrected chi connectivity index (χ1v) is 10.7. The summed E-state index contributed by atoms with van der Waals surface area (Å²) < 4.78 is 5.22. The predicted octanol–water partition coefficient (Wildman–Crippen LogP) is 3.16. The zero-order valence-corrected chi connectivity index (χ0v) is 17.8. The van der Waals surface area contributed by atoms with Gasteiger partial charge in [-0.3, -0.25) is 14.4 Å². The second-order valence-corrected chi connectivity index (χ2v) is 8.12. The largest absolute Gasteiger partial charge is 0.445 e. The summed E-state index contributed by atoms with van der Waals surface area (Å²) in [5.41, 5.74) is 0.846. The Morgan fingerprint density at radius 3 is 2.50 bits per heavy atom. The molecule has 1 saturated heterocycles. The van der Waals surface area contributed by atoms with Crippen LogP contribution in [-0.4, -0.2) is 36.2 Å². The minimum Gasteiger partial charge on any atom is -0.445 e. The first kappa shape index (κ1) is 23.6. The molecule has 1 aromatic carbocycles. The van der Waals surface area contributed by atoms with Gasteiger partial charge in [0.2, 0.25) is 5.78 Å². The number of ketones is 2. The summed E-state index contributed by atoms with van der Waals surface area (Å²) in [6, 6.07) is 8.48. The topological polar surface area (TPSA) is 102 Å². The summed E-state index contributed by atoms with van der Waals surface area (Å²) in [4.78, 5) is 49.7. The molecular weight excluding hydrogens is 384 g/mol. The van der Waals surface area contributed by atoms with Crippen molar-refractivity contribution in [2.24, 2.45) is 11.8 Å². The molecular formula is C23H32N2O5. The molecule has 30 heavy (non-hydrogen) atoms. The molecule has 0 bridgehead atoms. The van der Waals surface area contributed by atoms with Crippen molar-refractivity contribution in [3.63, 3.8) is 0 Å². The summed E-state index contributed by atoms with van der Waals surface area (Å²) in [6.07, 6.45) is 3.36. The van der Waals surface area contributed by atoms with E-state index in [1.165, 1.54) is 0 Å². The fraction of sp³-hybridized carbons (Fsp3) is 0.565. The molecule has 2 atom stereocenters. The van der Waals surface area contributed by atoms with Gasteiger partial charge in [-0.05, 0) is 24.3 Å². The maximum absolute atomic E-state index is 12.9. The Kier molecular flexibility index (Phi) is 9.51. The molecule has 2 rings (SSSR count). The SMILES string of the molecule is CC(C)C(NC(=O)OCc1ccccc1)C(=O)CC1CCCCCCNC(=O)C1=O. The van der Waals surface area contributed by atoms with Crippen LogP contribution < -0.4 is 10.6 Å². The number of rotatable bonds is 7. The number of hydrogen-bond donors (Lipinski definition) is 2. The monoisotopic (exact) mass is 416 g/mol. The van der Waals surface area contributed by atoms with Crippen LogP contribution >= 0.6 is 0 Å². The molecule has 1 heterocycles. The summed E-state index contributed by atoms with van der Waals surface area (Å²) in [7, 11) is 0. The number of benzene rings is 1. The number of ether oxygens (including phenoxy) is 1. The summed E-state index contributed by atoms with van der Waals surface area (Å²) in [5, 5.41) is 5.26. The molecule has 1 aliphatic rings. The van der Waals surface area contributed by atoms with Gasteiger partial charge in [0.25, 0.3) is 5.91 Å². The second kappa shape index (κ2) is 12.1. The Hall–Kier alpha value is -2.70. The van der Waals surface area contributed by atoms with E-state index in [2.05, 4.69) is 10.6 Å². The molecule has 2 unspecified atom stereocenters. The van der Waals surface area contributed by atoms with E-state index < -0.39 is 29.7 Å². The summed E-state index contributed by atoms with van der Waals surface area (Å²) >= 11 is 0. The quantitative estimate of drug-likeness (QED) is 0.665. The Balaban J connectivity index is 1.96. The van der Waals surface area contributed by atoms with Crippen LogP contribution in [0.25, 0.3) is 0 Å². The molecule has 0 radical (unpaired) electrons. The normalized spacial score (nSPS) is 19.0. The van der Waals surface area contributed by atoms with Crippen LogP contribution in [0, 0.1) is 11.8 Å². The Labute approximate surface area is 177 Å². The number of alkyl carbamates (subject to hydrolysis) is 1. The third kappa shape index (κ3) is 7.61. The lowest BCUT2D eigenvalue weighted by atomic mass is 9.86. The van der Waals surface area contributed by atoms with E-state index in [1.54, 1.807) is 0 Å². The molecule has 0 spiro atoms.